The van der Waals surface area contributed by atoms with Crippen LogP contribution in [0.2, 0.25) is 0 Å². The van der Waals surface area contributed by atoms with Gasteiger partial charge in [-0.3, -0.25) is 4.72 Å². The molecule has 0 bridgehead atoms. The molecule has 10 nitrogen and oxygen atoms in total. The summed E-state index contributed by atoms with van der Waals surface area (Å²) < 4.78 is 69.8. The highest BCUT2D eigenvalue weighted by Gasteiger charge is 2.46. The number of fused-ring (bicyclic) bond motifs is 1. The van der Waals surface area contributed by atoms with Crippen LogP contribution in [0.4, 0.5) is 35.4 Å². The number of esters is 1. The Morgan fingerprint density at radius 1 is 1.31 bits per heavy atom. The number of halogens is 3. The summed E-state index contributed by atoms with van der Waals surface area (Å²) in [4.78, 5) is 14.1. The van der Waals surface area contributed by atoms with Crippen LogP contribution in [0, 0.1) is 5.92 Å². The van der Waals surface area contributed by atoms with Gasteiger partial charge in [0.1, 0.15) is 5.69 Å². The van der Waals surface area contributed by atoms with Gasteiger partial charge < -0.3 is 9.64 Å². The first-order valence-corrected chi connectivity index (χ1v) is 13.6. The van der Waals surface area contributed by atoms with Gasteiger partial charge in [0.15, 0.2) is 0 Å². The topological polar surface area (TPSA) is 126 Å². The Bertz CT molecular complexity index is 1230. The van der Waals surface area contributed by atoms with Crippen LogP contribution < -0.4 is 9.62 Å². The average Bonchev–Trinajstić information content (AvgIpc) is 3.26. The van der Waals surface area contributed by atoms with Gasteiger partial charge in [-0.25, -0.2) is 4.79 Å². The number of carbonyl (C=O) groups is 1. The summed E-state index contributed by atoms with van der Waals surface area (Å²) >= 11 is 0.787. The molecule has 0 saturated carbocycles. The van der Waals surface area contributed by atoms with E-state index in [0.717, 1.165) is 29.7 Å². The Morgan fingerprint density at radius 3 is 2.67 bits per heavy atom. The smallest absolute Gasteiger partial charge is 0.460 e. The Morgan fingerprint density at radius 2 is 2.03 bits per heavy atom. The highest BCUT2D eigenvalue weighted by atomic mass is 32.2. The molecule has 36 heavy (non-hydrogen) atoms. The standard InChI is InChI=1S/C21H27F3N6O4S2/c1-5-8-30-13(4)6-7-14-9-15(16(10-17(14)30)29-36(32,33)21(22,23)24)25-27-20-28-26-18(35-20)19(31)34-11-12(2)3/h9-10,12-13,29H,5-8,11H2,1-4H3. The Labute approximate surface area is 211 Å². The first kappa shape index (κ1) is 27.8. The summed E-state index contributed by atoms with van der Waals surface area (Å²) in [6.07, 6.45) is 2.25. The van der Waals surface area contributed by atoms with Gasteiger partial charge in [0.2, 0.25) is 5.01 Å². The van der Waals surface area contributed by atoms with Gasteiger partial charge in [0.05, 0.1) is 12.3 Å². The molecule has 198 valence electrons. The first-order valence-electron chi connectivity index (χ1n) is 11.3. The quantitative estimate of drug-likeness (QED) is 0.320. The third kappa shape index (κ3) is 6.49. The van der Waals surface area contributed by atoms with Crippen LogP contribution in [0.25, 0.3) is 0 Å². The number of anilines is 2. The lowest BCUT2D eigenvalue weighted by Crippen LogP contribution is -2.38. The van der Waals surface area contributed by atoms with Crippen molar-refractivity contribution in [2.75, 3.05) is 22.8 Å². The van der Waals surface area contributed by atoms with Gasteiger partial charge in [-0.1, -0.05) is 32.1 Å². The monoisotopic (exact) mass is 548 g/mol. The van der Waals surface area contributed by atoms with Crippen molar-refractivity contribution in [3.05, 3.63) is 22.7 Å². The van der Waals surface area contributed by atoms with Gasteiger partial charge in [-0.2, -0.15) is 21.6 Å². The number of hydrogen-bond acceptors (Lipinski definition) is 10. The Hall–Kier alpha value is -2.81. The zero-order chi connectivity index (χ0) is 26.7. The third-order valence-corrected chi connectivity index (χ3v) is 7.15. The van der Waals surface area contributed by atoms with Crippen LogP contribution >= 0.6 is 11.3 Å². The maximum absolute atomic E-state index is 13.1. The van der Waals surface area contributed by atoms with Gasteiger partial charge in [-0.05, 0) is 49.8 Å². The largest absolute Gasteiger partial charge is 0.516 e. The van der Waals surface area contributed by atoms with Gasteiger partial charge >= 0.3 is 21.5 Å². The van der Waals surface area contributed by atoms with Crippen molar-refractivity contribution in [3.63, 3.8) is 0 Å². The van der Waals surface area contributed by atoms with Crippen LogP contribution in [0.3, 0.4) is 0 Å². The molecule has 0 aliphatic carbocycles. The molecule has 2 heterocycles. The maximum atomic E-state index is 13.1. The second kappa shape index (κ2) is 11.1. The fraction of sp³-hybridized carbons (Fsp3) is 0.571. The molecule has 1 aliphatic heterocycles. The molecule has 0 spiro atoms. The number of aromatic nitrogens is 2. The van der Waals surface area contributed by atoms with E-state index in [0.29, 0.717) is 18.7 Å². The fourth-order valence-electron chi connectivity index (χ4n) is 3.53. The number of alkyl halides is 3. The van der Waals surface area contributed by atoms with E-state index in [2.05, 4.69) is 20.4 Å². The number of sulfonamides is 1. The fourth-order valence-corrected chi connectivity index (χ4v) is 4.66. The van der Waals surface area contributed by atoms with E-state index in [1.807, 2.05) is 32.6 Å². The number of benzene rings is 1. The molecule has 15 heteroatoms. The number of azo groups is 1. The Kier molecular flexibility index (Phi) is 8.54. The molecule has 1 N–H and O–H groups in total. The van der Waals surface area contributed by atoms with Crippen molar-refractivity contribution < 1.29 is 31.1 Å². The van der Waals surface area contributed by atoms with Crippen LogP contribution in [-0.4, -0.2) is 49.3 Å². The number of hydrogen-bond donors (Lipinski definition) is 1. The lowest BCUT2D eigenvalue weighted by Gasteiger charge is -2.37. The normalized spacial score (nSPS) is 16.4. The van der Waals surface area contributed by atoms with Crippen LogP contribution in [0.5, 0.6) is 0 Å². The van der Waals surface area contributed by atoms with Gasteiger partial charge in [0, 0.05) is 18.3 Å². The Balaban J connectivity index is 1.97. The minimum Gasteiger partial charge on any atom is -0.460 e. The number of carbonyl (C=O) groups excluding carboxylic acids is 1. The summed E-state index contributed by atoms with van der Waals surface area (Å²) in [6.45, 7) is 8.58. The summed E-state index contributed by atoms with van der Waals surface area (Å²) in [6, 6.07) is 3.00. The molecule has 0 saturated heterocycles. The molecule has 3 rings (SSSR count). The summed E-state index contributed by atoms with van der Waals surface area (Å²) in [5, 5.41) is 15.2. The number of ether oxygens (including phenoxy) is 1. The van der Waals surface area contributed by atoms with Crippen LogP contribution in [-0.2, 0) is 21.2 Å². The summed E-state index contributed by atoms with van der Waals surface area (Å²) in [7, 11) is -5.70. The van der Waals surface area contributed by atoms with Gasteiger partial charge in [0.25, 0.3) is 5.13 Å². The molecule has 1 atom stereocenters. The summed E-state index contributed by atoms with van der Waals surface area (Å²) in [5.74, 6) is -0.555. The van der Waals surface area contributed by atoms with E-state index >= 15 is 0 Å². The second-order valence-corrected chi connectivity index (χ2v) is 11.3. The maximum Gasteiger partial charge on any atom is 0.516 e. The van der Waals surface area contributed by atoms with Crippen molar-refractivity contribution in [3.8, 4) is 0 Å². The van der Waals surface area contributed by atoms with E-state index in [4.69, 9.17) is 4.74 Å². The molecule has 0 fully saturated rings. The minimum atomic E-state index is -5.70. The third-order valence-electron chi connectivity index (χ3n) is 5.26. The van der Waals surface area contributed by atoms with Crippen LogP contribution in [0.1, 0.15) is 55.9 Å². The molecule has 1 aliphatic rings. The lowest BCUT2D eigenvalue weighted by molar-refractivity contribution is -0.0429. The predicted molar refractivity (Wildman–Crippen MR) is 130 cm³/mol. The number of nitrogens with zero attached hydrogens (tertiary/aromatic N) is 5. The predicted octanol–water partition coefficient (Wildman–Crippen LogP) is 5.58. The highest BCUT2D eigenvalue weighted by Crippen LogP contribution is 2.41. The zero-order valence-corrected chi connectivity index (χ0v) is 21.8. The molecular formula is C21H27F3N6O4S2. The number of aryl methyl sites for hydroxylation is 1. The van der Waals surface area contributed by atoms with Crippen LogP contribution in [0.15, 0.2) is 22.4 Å². The van der Waals surface area contributed by atoms with E-state index in [1.165, 1.54) is 12.1 Å². The van der Waals surface area contributed by atoms with Crippen molar-refractivity contribution >= 4 is 49.5 Å². The summed E-state index contributed by atoms with van der Waals surface area (Å²) in [5.41, 5.74) is -4.56. The molecule has 1 aromatic carbocycles. The molecule has 0 amide bonds. The average molecular weight is 549 g/mol. The molecule has 0 radical (unpaired) electrons. The number of nitrogens with one attached hydrogen (secondary N) is 1. The molecule has 1 unspecified atom stereocenters. The lowest BCUT2D eigenvalue weighted by atomic mass is 9.95. The van der Waals surface area contributed by atoms with E-state index in [1.54, 1.807) is 4.72 Å². The second-order valence-electron chi connectivity index (χ2n) is 8.71. The van der Waals surface area contributed by atoms with Crippen molar-refractivity contribution in [2.45, 2.75) is 58.5 Å². The van der Waals surface area contributed by atoms with Gasteiger partial charge in [-0.15, -0.1) is 20.4 Å². The zero-order valence-electron chi connectivity index (χ0n) is 20.2. The van der Waals surface area contributed by atoms with E-state index in [9.17, 15) is 26.4 Å². The number of rotatable bonds is 9. The molecule has 2 aromatic rings. The van der Waals surface area contributed by atoms with E-state index in [-0.39, 0.29) is 40.1 Å². The van der Waals surface area contributed by atoms with Crippen molar-refractivity contribution in [1.29, 1.82) is 0 Å². The minimum absolute atomic E-state index is 0.0462. The SMILES string of the molecule is CCCN1c2cc(NS(=O)(=O)C(F)(F)F)c(N=Nc3nnc(C(=O)OCC(C)C)s3)cc2CCC1C. The van der Waals surface area contributed by atoms with E-state index < -0.39 is 21.5 Å². The first-order chi connectivity index (χ1) is 16.8. The van der Waals surface area contributed by atoms with Crippen molar-refractivity contribution in [2.24, 2.45) is 16.1 Å². The molecular weight excluding hydrogens is 521 g/mol. The molecule has 1 aromatic heterocycles. The highest BCUT2D eigenvalue weighted by molar-refractivity contribution is 7.93. The van der Waals surface area contributed by atoms with Crippen molar-refractivity contribution in [1.82, 2.24) is 10.2 Å².